The number of esters is 1. The van der Waals surface area contributed by atoms with Gasteiger partial charge in [0.2, 0.25) is 5.91 Å². The Morgan fingerprint density at radius 1 is 1.42 bits per heavy atom. The lowest BCUT2D eigenvalue weighted by molar-refractivity contribution is -0.123. The first kappa shape index (κ1) is 16.4. The molecule has 0 bridgehead atoms. The number of rotatable bonds is 5. The van der Waals surface area contributed by atoms with Crippen LogP contribution in [0.2, 0.25) is 0 Å². The van der Waals surface area contributed by atoms with Crippen molar-refractivity contribution >= 4 is 23.2 Å². The average molecular weight is 346 g/mol. The largest absolute Gasteiger partial charge is 0.493 e. The molecule has 1 aliphatic heterocycles. The average Bonchev–Trinajstić information content (AvgIpc) is 3.08. The zero-order valence-electron chi connectivity index (χ0n) is 13.3. The van der Waals surface area contributed by atoms with E-state index in [0.29, 0.717) is 31.2 Å². The molecular formula is C17H18N2O4S. The van der Waals surface area contributed by atoms with Gasteiger partial charge in [-0.15, -0.1) is 11.3 Å². The second kappa shape index (κ2) is 7.44. The fraction of sp³-hybridized carbons (Fsp3) is 0.353. The number of ether oxygens (including phenoxy) is 2. The molecule has 1 aromatic carbocycles. The number of nitrogens with one attached hydrogen (secondary N) is 1. The molecule has 0 spiro atoms. The first-order chi connectivity index (χ1) is 11.7. The molecule has 1 aromatic heterocycles. The molecule has 0 aliphatic carbocycles. The fourth-order valence-corrected chi connectivity index (χ4v) is 3.29. The monoisotopic (exact) mass is 346 g/mol. The molecule has 2 heterocycles. The van der Waals surface area contributed by atoms with E-state index in [9.17, 15) is 9.59 Å². The van der Waals surface area contributed by atoms with Gasteiger partial charge < -0.3 is 14.8 Å². The van der Waals surface area contributed by atoms with E-state index in [1.165, 1.54) is 11.3 Å². The molecule has 2 aromatic rings. The van der Waals surface area contributed by atoms with Gasteiger partial charge in [0.05, 0.1) is 25.7 Å². The number of carbonyl (C=O) groups excluding carboxylic acids is 2. The highest BCUT2D eigenvalue weighted by Gasteiger charge is 2.27. The van der Waals surface area contributed by atoms with Gasteiger partial charge in [0.25, 0.3) is 0 Å². The number of hydrogen-bond acceptors (Lipinski definition) is 6. The van der Waals surface area contributed by atoms with Crippen molar-refractivity contribution in [2.45, 2.75) is 25.8 Å². The van der Waals surface area contributed by atoms with Crippen LogP contribution in [-0.4, -0.2) is 30.1 Å². The molecule has 24 heavy (non-hydrogen) atoms. The van der Waals surface area contributed by atoms with Gasteiger partial charge in [-0.25, -0.2) is 9.78 Å². The Hall–Kier alpha value is -2.41. The zero-order valence-corrected chi connectivity index (χ0v) is 14.1. The minimum atomic E-state index is -0.440. The maximum atomic E-state index is 12.5. The van der Waals surface area contributed by atoms with Crippen LogP contribution >= 0.6 is 11.3 Å². The van der Waals surface area contributed by atoms with E-state index >= 15 is 0 Å². The summed E-state index contributed by atoms with van der Waals surface area (Å²) in [7, 11) is 0. The van der Waals surface area contributed by atoms with E-state index in [0.717, 1.165) is 11.3 Å². The number of benzene rings is 1. The highest BCUT2D eigenvalue weighted by atomic mass is 32.1. The summed E-state index contributed by atoms with van der Waals surface area (Å²) in [6.45, 7) is 2.88. The van der Waals surface area contributed by atoms with Crippen LogP contribution in [0.1, 0.15) is 40.3 Å². The summed E-state index contributed by atoms with van der Waals surface area (Å²) in [5.41, 5.74) is 1.19. The van der Waals surface area contributed by atoms with Gasteiger partial charge in [-0.2, -0.15) is 0 Å². The van der Waals surface area contributed by atoms with E-state index < -0.39 is 5.97 Å². The highest BCUT2D eigenvalue weighted by molar-refractivity contribution is 7.09. The Balaban J connectivity index is 1.62. The Bertz CT molecular complexity index is 744. The number of carbonyl (C=O) groups is 2. The van der Waals surface area contributed by atoms with Gasteiger partial charge >= 0.3 is 5.97 Å². The third kappa shape index (κ3) is 3.56. The second-order valence-electron chi connectivity index (χ2n) is 5.29. The minimum Gasteiger partial charge on any atom is -0.493 e. The number of nitrogens with zero attached hydrogens (tertiary/aromatic N) is 1. The molecular weight excluding hydrogens is 328 g/mol. The maximum absolute atomic E-state index is 12.5. The molecule has 126 valence electrons. The van der Waals surface area contributed by atoms with Crippen LogP contribution < -0.4 is 10.1 Å². The predicted octanol–water partition coefficient (Wildman–Crippen LogP) is 2.50. The molecule has 7 heteroatoms. The van der Waals surface area contributed by atoms with Crippen molar-refractivity contribution in [1.82, 2.24) is 10.3 Å². The molecule has 1 amide bonds. The van der Waals surface area contributed by atoms with Crippen molar-refractivity contribution in [2.75, 3.05) is 13.2 Å². The SMILES string of the molecule is CCOC(=O)c1csc(CNC(=O)[C@@H]2CCOc3ccccc32)n1. The molecule has 0 fully saturated rings. The molecule has 3 rings (SSSR count). The van der Waals surface area contributed by atoms with Gasteiger partial charge in [0.15, 0.2) is 5.69 Å². The molecule has 0 saturated heterocycles. The quantitative estimate of drug-likeness (QED) is 0.842. The lowest BCUT2D eigenvalue weighted by Crippen LogP contribution is -2.32. The third-order valence-electron chi connectivity index (χ3n) is 3.73. The smallest absolute Gasteiger partial charge is 0.357 e. The Morgan fingerprint density at radius 3 is 3.08 bits per heavy atom. The molecule has 1 N–H and O–H groups in total. The minimum absolute atomic E-state index is 0.0568. The van der Waals surface area contributed by atoms with E-state index in [2.05, 4.69) is 10.3 Å². The van der Waals surface area contributed by atoms with Crippen LogP contribution in [-0.2, 0) is 16.1 Å². The number of fused-ring (bicyclic) bond motifs is 1. The predicted molar refractivity (Wildman–Crippen MR) is 89.2 cm³/mol. The van der Waals surface area contributed by atoms with Crippen LogP contribution in [0, 0.1) is 0 Å². The van der Waals surface area contributed by atoms with Crippen LogP contribution in [0.4, 0.5) is 0 Å². The lowest BCUT2D eigenvalue weighted by Gasteiger charge is -2.24. The number of aromatic nitrogens is 1. The van der Waals surface area contributed by atoms with E-state index in [-0.39, 0.29) is 17.5 Å². The second-order valence-corrected chi connectivity index (χ2v) is 6.23. The van der Waals surface area contributed by atoms with Gasteiger partial charge in [0, 0.05) is 10.9 Å². The fourth-order valence-electron chi connectivity index (χ4n) is 2.59. The van der Waals surface area contributed by atoms with E-state index in [4.69, 9.17) is 9.47 Å². The molecule has 6 nitrogen and oxygen atoms in total. The van der Waals surface area contributed by atoms with E-state index in [1.54, 1.807) is 12.3 Å². The summed E-state index contributed by atoms with van der Waals surface area (Å²) in [6, 6.07) is 7.59. The maximum Gasteiger partial charge on any atom is 0.357 e. The first-order valence-electron chi connectivity index (χ1n) is 7.80. The Labute approximate surface area is 143 Å². The van der Waals surface area contributed by atoms with Crippen molar-refractivity contribution in [1.29, 1.82) is 0 Å². The number of amides is 1. The van der Waals surface area contributed by atoms with Crippen LogP contribution in [0.3, 0.4) is 0 Å². The third-order valence-corrected chi connectivity index (χ3v) is 4.57. The summed E-state index contributed by atoms with van der Waals surface area (Å²) < 4.78 is 10.5. The van der Waals surface area contributed by atoms with Gasteiger partial charge in [-0.1, -0.05) is 18.2 Å². The number of thiazole rings is 1. The molecule has 0 saturated carbocycles. The first-order valence-corrected chi connectivity index (χ1v) is 8.68. The normalized spacial score (nSPS) is 16.0. The van der Waals surface area contributed by atoms with Crippen molar-refractivity contribution in [3.63, 3.8) is 0 Å². The Kier molecular flexibility index (Phi) is 5.10. The van der Waals surface area contributed by atoms with Gasteiger partial charge in [-0.3, -0.25) is 4.79 Å². The molecule has 0 unspecified atom stereocenters. The van der Waals surface area contributed by atoms with Crippen LogP contribution in [0.5, 0.6) is 5.75 Å². The zero-order chi connectivity index (χ0) is 16.9. The number of para-hydroxylation sites is 1. The molecule has 1 aliphatic rings. The summed E-state index contributed by atoms with van der Waals surface area (Å²) in [5.74, 6) is 0.0468. The summed E-state index contributed by atoms with van der Waals surface area (Å²) in [5, 5.41) is 5.21. The van der Waals surface area contributed by atoms with Crippen molar-refractivity contribution in [2.24, 2.45) is 0 Å². The van der Waals surface area contributed by atoms with Crippen LogP contribution in [0.15, 0.2) is 29.6 Å². The van der Waals surface area contributed by atoms with Crippen molar-refractivity contribution in [3.8, 4) is 5.75 Å². The highest BCUT2D eigenvalue weighted by Crippen LogP contribution is 2.33. The van der Waals surface area contributed by atoms with Gasteiger partial charge in [-0.05, 0) is 19.4 Å². The van der Waals surface area contributed by atoms with Crippen molar-refractivity contribution in [3.05, 3.63) is 45.9 Å². The summed E-state index contributed by atoms with van der Waals surface area (Å²) in [6.07, 6.45) is 0.648. The van der Waals surface area contributed by atoms with Crippen molar-refractivity contribution < 1.29 is 19.1 Å². The molecule has 0 radical (unpaired) electrons. The number of hydrogen-bond donors (Lipinski definition) is 1. The summed E-state index contributed by atoms with van der Waals surface area (Å²) >= 11 is 1.33. The van der Waals surface area contributed by atoms with Gasteiger partial charge in [0.1, 0.15) is 10.8 Å². The van der Waals surface area contributed by atoms with Crippen LogP contribution in [0.25, 0.3) is 0 Å². The standard InChI is InChI=1S/C17H18N2O4S/c1-2-22-17(21)13-10-24-15(19-13)9-18-16(20)12-7-8-23-14-6-4-3-5-11(12)14/h3-6,10,12H,2,7-9H2,1H3,(H,18,20)/t12-/m1/s1. The molecule has 1 atom stereocenters. The topological polar surface area (TPSA) is 77.5 Å². The Morgan fingerprint density at radius 2 is 2.25 bits per heavy atom. The lowest BCUT2D eigenvalue weighted by atomic mass is 9.92. The summed E-state index contributed by atoms with van der Waals surface area (Å²) in [4.78, 5) is 28.3. The van der Waals surface area contributed by atoms with E-state index in [1.807, 2.05) is 24.3 Å².